The van der Waals surface area contributed by atoms with Gasteiger partial charge in [0.2, 0.25) is 12.2 Å². The quantitative estimate of drug-likeness (QED) is 0.766. The predicted molar refractivity (Wildman–Crippen MR) is 71.0 cm³/mol. The number of carbonyl (C=O) groups excluding carboxylic acids is 2. The maximum absolute atomic E-state index is 12.2. The van der Waals surface area contributed by atoms with Gasteiger partial charge in [-0.15, -0.1) is 0 Å². The number of para-hydroxylation sites is 2. The van der Waals surface area contributed by atoms with Crippen molar-refractivity contribution in [3.05, 3.63) is 24.3 Å². The van der Waals surface area contributed by atoms with E-state index < -0.39 is 29.6 Å². The molecule has 6 heteroatoms. The van der Waals surface area contributed by atoms with Crippen LogP contribution in [0.5, 0.6) is 11.5 Å². The Bertz CT molecular complexity index is 579. The van der Waals surface area contributed by atoms with E-state index in [4.69, 9.17) is 18.9 Å². The van der Waals surface area contributed by atoms with Gasteiger partial charge in [0.1, 0.15) is 13.2 Å². The number of rotatable bonds is 2. The summed E-state index contributed by atoms with van der Waals surface area (Å²) < 4.78 is 21.2. The Morgan fingerprint density at radius 1 is 1.24 bits per heavy atom. The summed E-state index contributed by atoms with van der Waals surface area (Å²) in [4.78, 5) is 23.8. The zero-order chi connectivity index (χ0) is 15.0. The fraction of sp³-hybridized carbons (Fsp3) is 0.467. The number of ether oxygens (including phenoxy) is 4. The largest absolute Gasteiger partial charge is 0.485 e. The molecule has 1 fully saturated rings. The maximum atomic E-state index is 12.2. The number of esters is 2. The summed E-state index contributed by atoms with van der Waals surface area (Å²) in [5.41, 5.74) is -0.541. The first kappa shape index (κ1) is 13.7. The van der Waals surface area contributed by atoms with E-state index >= 15 is 0 Å². The van der Waals surface area contributed by atoms with Crippen LogP contribution in [0.25, 0.3) is 0 Å². The zero-order valence-corrected chi connectivity index (χ0v) is 11.8. The van der Waals surface area contributed by atoms with Crippen LogP contribution in [-0.4, -0.2) is 37.4 Å². The van der Waals surface area contributed by atoms with Crippen LogP contribution in [0.4, 0.5) is 0 Å². The minimum atomic E-state index is -0.911. The van der Waals surface area contributed by atoms with Crippen LogP contribution in [0.3, 0.4) is 0 Å². The molecule has 0 spiro atoms. The molecule has 0 saturated carbocycles. The molecule has 2 aliphatic heterocycles. The van der Waals surface area contributed by atoms with Gasteiger partial charge >= 0.3 is 11.9 Å². The lowest BCUT2D eigenvalue weighted by Gasteiger charge is -2.27. The van der Waals surface area contributed by atoms with Gasteiger partial charge in [-0.1, -0.05) is 26.0 Å². The molecule has 112 valence electrons. The van der Waals surface area contributed by atoms with Crippen molar-refractivity contribution in [2.45, 2.75) is 26.1 Å². The molecule has 2 aliphatic rings. The molecule has 0 amide bonds. The second-order valence-electron chi connectivity index (χ2n) is 5.78. The first-order valence-electron chi connectivity index (χ1n) is 6.73. The monoisotopic (exact) mass is 292 g/mol. The second-order valence-corrected chi connectivity index (χ2v) is 5.78. The summed E-state index contributed by atoms with van der Waals surface area (Å²) in [6, 6.07) is 7.07. The number of carbonyl (C=O) groups is 2. The molecule has 0 N–H and O–H groups in total. The van der Waals surface area contributed by atoms with E-state index in [2.05, 4.69) is 0 Å². The Morgan fingerprint density at radius 3 is 2.62 bits per heavy atom. The topological polar surface area (TPSA) is 71.1 Å². The highest BCUT2D eigenvalue weighted by Gasteiger charge is 2.47. The van der Waals surface area contributed by atoms with Crippen LogP contribution in [0.1, 0.15) is 13.8 Å². The summed E-state index contributed by atoms with van der Waals surface area (Å²) >= 11 is 0. The smallest absolute Gasteiger partial charge is 0.351 e. The first-order valence-corrected chi connectivity index (χ1v) is 6.73. The van der Waals surface area contributed by atoms with Crippen molar-refractivity contribution in [2.24, 2.45) is 5.41 Å². The van der Waals surface area contributed by atoms with Gasteiger partial charge in [-0.25, -0.2) is 9.59 Å². The van der Waals surface area contributed by atoms with Crippen LogP contribution in [0.15, 0.2) is 24.3 Å². The van der Waals surface area contributed by atoms with Gasteiger partial charge in [0, 0.05) is 5.41 Å². The Morgan fingerprint density at radius 2 is 1.95 bits per heavy atom. The summed E-state index contributed by atoms with van der Waals surface area (Å²) in [5.74, 6) is -0.0759. The number of hydrogen-bond donors (Lipinski definition) is 0. The molecule has 6 nitrogen and oxygen atoms in total. The van der Waals surface area contributed by atoms with E-state index in [0.717, 1.165) is 0 Å². The molecule has 2 atom stereocenters. The fourth-order valence-electron chi connectivity index (χ4n) is 2.26. The van der Waals surface area contributed by atoms with Gasteiger partial charge in [0.25, 0.3) is 0 Å². The lowest BCUT2D eigenvalue weighted by atomic mass is 9.90. The number of hydrogen-bond acceptors (Lipinski definition) is 6. The van der Waals surface area contributed by atoms with Crippen LogP contribution in [-0.2, 0) is 19.1 Å². The molecule has 1 aromatic rings. The van der Waals surface area contributed by atoms with Crippen LogP contribution < -0.4 is 9.47 Å². The van der Waals surface area contributed by atoms with Crippen molar-refractivity contribution < 1.29 is 28.5 Å². The Labute approximate surface area is 121 Å². The summed E-state index contributed by atoms with van der Waals surface area (Å²) in [6.07, 6.45) is -1.80. The second kappa shape index (κ2) is 4.95. The first-order chi connectivity index (χ1) is 9.97. The summed E-state index contributed by atoms with van der Waals surface area (Å²) in [7, 11) is 0. The van der Waals surface area contributed by atoms with Gasteiger partial charge in [-0.2, -0.15) is 0 Å². The van der Waals surface area contributed by atoms with Gasteiger partial charge in [-0.05, 0) is 12.1 Å². The lowest BCUT2D eigenvalue weighted by molar-refractivity contribution is -0.170. The third-order valence-electron chi connectivity index (χ3n) is 3.52. The van der Waals surface area contributed by atoms with Crippen molar-refractivity contribution in [1.82, 2.24) is 0 Å². The van der Waals surface area contributed by atoms with Crippen LogP contribution in [0, 0.1) is 5.41 Å². The van der Waals surface area contributed by atoms with Crippen molar-refractivity contribution >= 4 is 11.9 Å². The Hall–Kier alpha value is -2.24. The van der Waals surface area contributed by atoms with Gasteiger partial charge in [0.05, 0.1) is 0 Å². The average molecular weight is 292 g/mol. The van der Waals surface area contributed by atoms with Crippen LogP contribution >= 0.6 is 0 Å². The van der Waals surface area contributed by atoms with Crippen molar-refractivity contribution in [1.29, 1.82) is 0 Å². The van der Waals surface area contributed by atoms with E-state index in [1.165, 1.54) is 0 Å². The van der Waals surface area contributed by atoms with Crippen molar-refractivity contribution in [2.75, 3.05) is 13.2 Å². The molecule has 0 unspecified atom stereocenters. The maximum Gasteiger partial charge on any atom is 0.351 e. The molecular formula is C15H16O6. The van der Waals surface area contributed by atoms with Gasteiger partial charge < -0.3 is 18.9 Å². The summed E-state index contributed by atoms with van der Waals surface area (Å²) in [6.45, 7) is 3.90. The zero-order valence-electron chi connectivity index (χ0n) is 11.8. The number of benzene rings is 1. The van der Waals surface area contributed by atoms with Crippen LogP contribution in [0.2, 0.25) is 0 Å². The van der Waals surface area contributed by atoms with E-state index in [1.807, 2.05) is 19.9 Å². The highest BCUT2D eigenvalue weighted by Crippen LogP contribution is 2.33. The molecule has 1 aromatic carbocycles. The molecule has 0 aromatic heterocycles. The van der Waals surface area contributed by atoms with Gasteiger partial charge in [0.15, 0.2) is 11.5 Å². The molecule has 0 bridgehead atoms. The SMILES string of the molecule is CC1(C)COC(=O)[C@@H]1OC(=O)[C@@H]1COc2ccccc2O1. The minimum Gasteiger partial charge on any atom is -0.485 e. The average Bonchev–Trinajstić information content (AvgIpc) is 2.73. The number of fused-ring (bicyclic) bond motifs is 1. The fourth-order valence-corrected chi connectivity index (χ4v) is 2.26. The third-order valence-corrected chi connectivity index (χ3v) is 3.52. The summed E-state index contributed by atoms with van der Waals surface area (Å²) in [5, 5.41) is 0. The molecule has 0 radical (unpaired) electrons. The minimum absolute atomic E-state index is 0.0536. The molecule has 0 aliphatic carbocycles. The standard InChI is InChI=1S/C15H16O6/c1-15(2)8-19-14(17)12(15)21-13(16)11-7-18-9-5-3-4-6-10(9)20-11/h3-6,11-12H,7-8H2,1-2H3/t11-,12-/m0/s1. The van der Waals surface area contributed by atoms with E-state index in [-0.39, 0.29) is 13.2 Å². The van der Waals surface area contributed by atoms with Crippen molar-refractivity contribution in [3.8, 4) is 11.5 Å². The Balaban J connectivity index is 1.69. The molecule has 2 heterocycles. The van der Waals surface area contributed by atoms with Gasteiger partial charge in [-0.3, -0.25) is 0 Å². The molecule has 1 saturated heterocycles. The molecule has 3 rings (SSSR count). The molecular weight excluding hydrogens is 276 g/mol. The Kier molecular flexibility index (Phi) is 3.23. The highest BCUT2D eigenvalue weighted by atomic mass is 16.6. The van der Waals surface area contributed by atoms with E-state index in [0.29, 0.717) is 11.5 Å². The van der Waals surface area contributed by atoms with E-state index in [9.17, 15) is 9.59 Å². The molecule has 21 heavy (non-hydrogen) atoms. The van der Waals surface area contributed by atoms with Crippen molar-refractivity contribution in [3.63, 3.8) is 0 Å². The van der Waals surface area contributed by atoms with E-state index in [1.54, 1.807) is 18.2 Å². The normalized spacial score (nSPS) is 26.1. The third kappa shape index (κ3) is 2.53. The highest BCUT2D eigenvalue weighted by molar-refractivity contribution is 5.83. The predicted octanol–water partition coefficient (Wildman–Crippen LogP) is 1.32. The number of cyclic esters (lactones) is 1. The lowest BCUT2D eigenvalue weighted by Crippen LogP contribution is -2.43.